The highest BCUT2D eigenvalue weighted by Gasteiger charge is 2.12. The number of anilines is 1. The number of nitriles is 1. The Hall–Kier alpha value is -3.50. The number of nitrogens with one attached hydrogen (secondary N) is 1. The van der Waals surface area contributed by atoms with Crippen molar-refractivity contribution < 1.29 is 24.2 Å². The van der Waals surface area contributed by atoms with Crippen LogP contribution in [0.15, 0.2) is 48.0 Å². The second-order valence-electron chi connectivity index (χ2n) is 5.45. The third kappa shape index (κ3) is 6.04. The fourth-order valence-electron chi connectivity index (χ4n) is 2.19. The van der Waals surface area contributed by atoms with E-state index in [1.807, 2.05) is 6.07 Å². The summed E-state index contributed by atoms with van der Waals surface area (Å²) in [5, 5.41) is 21.2. The summed E-state index contributed by atoms with van der Waals surface area (Å²) in [6.07, 6.45) is 1.40. The Balaban J connectivity index is 2.23. The van der Waals surface area contributed by atoms with Crippen LogP contribution in [0.4, 0.5) is 5.69 Å². The molecule has 28 heavy (non-hydrogen) atoms. The quantitative estimate of drug-likeness (QED) is 0.516. The second-order valence-corrected chi connectivity index (χ2v) is 5.89. The molecule has 0 aliphatic rings. The first kappa shape index (κ1) is 20.8. The first-order chi connectivity index (χ1) is 13.4. The van der Waals surface area contributed by atoms with E-state index in [4.69, 9.17) is 26.2 Å². The highest BCUT2D eigenvalue weighted by molar-refractivity contribution is 6.30. The predicted octanol–water partition coefficient (Wildman–Crippen LogP) is 3.75. The van der Waals surface area contributed by atoms with E-state index in [0.717, 1.165) is 0 Å². The zero-order chi connectivity index (χ0) is 20.5. The number of hydrogen-bond acceptors (Lipinski definition) is 5. The number of carbonyl (C=O) groups is 2. The molecule has 0 radical (unpaired) electrons. The van der Waals surface area contributed by atoms with Gasteiger partial charge in [-0.1, -0.05) is 17.7 Å². The third-order valence-corrected chi connectivity index (χ3v) is 3.65. The lowest BCUT2D eigenvalue weighted by Gasteiger charge is -2.11. The minimum atomic E-state index is -1.11. The molecule has 2 rings (SSSR count). The lowest BCUT2D eigenvalue weighted by Crippen LogP contribution is -2.13. The number of aliphatic carboxylic acids is 1. The van der Waals surface area contributed by atoms with Gasteiger partial charge in [-0.25, -0.2) is 4.79 Å². The van der Waals surface area contributed by atoms with Gasteiger partial charge >= 0.3 is 5.97 Å². The fraction of sp³-hybridized carbons (Fsp3) is 0.150. The van der Waals surface area contributed by atoms with Crippen LogP contribution in [0.1, 0.15) is 12.5 Å². The van der Waals surface area contributed by atoms with Crippen LogP contribution in [0.2, 0.25) is 5.02 Å². The fourth-order valence-corrected chi connectivity index (χ4v) is 2.31. The van der Waals surface area contributed by atoms with Crippen molar-refractivity contribution in [3.05, 3.63) is 58.6 Å². The number of carbonyl (C=O) groups excluding carboxylic acids is 1. The first-order valence-electron chi connectivity index (χ1n) is 8.23. The highest BCUT2D eigenvalue weighted by Crippen LogP contribution is 2.29. The van der Waals surface area contributed by atoms with E-state index >= 15 is 0 Å². The normalized spacial score (nSPS) is 10.7. The van der Waals surface area contributed by atoms with Crippen LogP contribution < -0.4 is 14.8 Å². The number of ether oxygens (including phenoxy) is 2. The van der Waals surface area contributed by atoms with E-state index in [0.29, 0.717) is 28.6 Å². The maximum atomic E-state index is 12.3. The van der Waals surface area contributed by atoms with Gasteiger partial charge in [-0.15, -0.1) is 0 Å². The molecule has 0 aromatic heterocycles. The van der Waals surface area contributed by atoms with Gasteiger partial charge < -0.3 is 19.9 Å². The molecule has 7 nitrogen and oxygen atoms in total. The summed E-state index contributed by atoms with van der Waals surface area (Å²) in [5.74, 6) is -1.12. The van der Waals surface area contributed by atoms with Crippen molar-refractivity contribution in [2.24, 2.45) is 0 Å². The molecule has 8 heteroatoms. The van der Waals surface area contributed by atoms with Gasteiger partial charge in [0.05, 0.1) is 6.61 Å². The molecule has 0 unspecified atom stereocenters. The average Bonchev–Trinajstić information content (AvgIpc) is 2.67. The number of nitrogens with zero attached hydrogens (tertiary/aromatic N) is 1. The highest BCUT2D eigenvalue weighted by atomic mass is 35.5. The van der Waals surface area contributed by atoms with Gasteiger partial charge in [0.2, 0.25) is 0 Å². The number of hydrogen-bond donors (Lipinski definition) is 2. The molecule has 0 spiro atoms. The zero-order valence-corrected chi connectivity index (χ0v) is 15.7. The molecule has 2 aromatic carbocycles. The Kier molecular flexibility index (Phi) is 7.43. The van der Waals surface area contributed by atoms with Crippen molar-refractivity contribution in [3.8, 4) is 17.6 Å². The van der Waals surface area contributed by atoms with Crippen molar-refractivity contribution in [2.75, 3.05) is 18.5 Å². The van der Waals surface area contributed by atoms with Crippen LogP contribution in [0.3, 0.4) is 0 Å². The van der Waals surface area contributed by atoms with Crippen LogP contribution in [0, 0.1) is 11.3 Å². The second kappa shape index (κ2) is 10.00. The summed E-state index contributed by atoms with van der Waals surface area (Å²) in [6.45, 7) is 1.59. The maximum absolute atomic E-state index is 12.3. The van der Waals surface area contributed by atoms with Crippen LogP contribution in [-0.2, 0) is 9.59 Å². The molecule has 0 aliphatic heterocycles. The van der Waals surface area contributed by atoms with Crippen molar-refractivity contribution in [2.45, 2.75) is 6.92 Å². The van der Waals surface area contributed by atoms with Crippen molar-refractivity contribution >= 4 is 35.2 Å². The number of halogens is 1. The molecule has 0 fully saturated rings. The molecule has 0 saturated carbocycles. The Morgan fingerprint density at radius 2 is 1.89 bits per heavy atom. The molecule has 0 aliphatic carbocycles. The largest absolute Gasteiger partial charge is 0.490 e. The van der Waals surface area contributed by atoms with E-state index in [9.17, 15) is 14.9 Å². The molecule has 144 valence electrons. The lowest BCUT2D eigenvalue weighted by atomic mass is 10.1. The van der Waals surface area contributed by atoms with E-state index in [-0.39, 0.29) is 11.3 Å². The summed E-state index contributed by atoms with van der Waals surface area (Å²) in [5.41, 5.74) is 0.911. The summed E-state index contributed by atoms with van der Waals surface area (Å²) in [6, 6.07) is 13.0. The van der Waals surface area contributed by atoms with Crippen molar-refractivity contribution in [3.63, 3.8) is 0 Å². The first-order valence-corrected chi connectivity index (χ1v) is 8.61. The number of rotatable bonds is 8. The van der Waals surface area contributed by atoms with E-state index < -0.39 is 18.5 Å². The number of amides is 1. The minimum Gasteiger partial charge on any atom is -0.490 e. The summed E-state index contributed by atoms with van der Waals surface area (Å²) in [4.78, 5) is 23.0. The third-order valence-electron chi connectivity index (χ3n) is 3.40. The van der Waals surface area contributed by atoms with Crippen LogP contribution in [0.5, 0.6) is 11.5 Å². The number of carboxylic acid groups (broad SMARTS) is 1. The lowest BCUT2D eigenvalue weighted by molar-refractivity contribution is -0.139. The summed E-state index contributed by atoms with van der Waals surface area (Å²) in [7, 11) is 0. The molecule has 0 bridgehead atoms. The zero-order valence-electron chi connectivity index (χ0n) is 14.9. The van der Waals surface area contributed by atoms with Crippen molar-refractivity contribution in [1.29, 1.82) is 5.26 Å². The Labute approximate surface area is 166 Å². The van der Waals surface area contributed by atoms with Crippen molar-refractivity contribution in [1.82, 2.24) is 0 Å². The standard InChI is InChI=1S/C20H17ClN2O5/c1-2-27-18-10-13(3-8-17(18)28-12-19(24)25)9-14(11-22)20(26)23-16-6-4-15(21)5-7-16/h3-10H,2,12H2,1H3,(H,23,26)(H,24,25). The summed E-state index contributed by atoms with van der Waals surface area (Å²) >= 11 is 5.81. The Morgan fingerprint density at radius 1 is 1.18 bits per heavy atom. The SMILES string of the molecule is CCOc1cc(C=C(C#N)C(=O)Nc2ccc(Cl)cc2)ccc1OCC(=O)O. The van der Waals surface area contributed by atoms with Gasteiger partial charge in [-0.05, 0) is 55.0 Å². The number of carboxylic acids is 1. The number of benzene rings is 2. The average molecular weight is 401 g/mol. The predicted molar refractivity (Wildman–Crippen MR) is 104 cm³/mol. The molecule has 2 aromatic rings. The van der Waals surface area contributed by atoms with Gasteiger partial charge in [0.15, 0.2) is 18.1 Å². The van der Waals surface area contributed by atoms with Gasteiger partial charge in [0.25, 0.3) is 5.91 Å². The minimum absolute atomic E-state index is 0.114. The molecule has 0 saturated heterocycles. The topological polar surface area (TPSA) is 109 Å². The van der Waals surface area contributed by atoms with E-state index in [2.05, 4.69) is 5.32 Å². The Bertz CT molecular complexity index is 933. The van der Waals surface area contributed by atoms with E-state index in [1.54, 1.807) is 43.3 Å². The van der Waals surface area contributed by atoms with E-state index in [1.165, 1.54) is 12.1 Å². The van der Waals surface area contributed by atoms with Gasteiger partial charge in [-0.2, -0.15) is 5.26 Å². The monoisotopic (exact) mass is 400 g/mol. The smallest absolute Gasteiger partial charge is 0.341 e. The maximum Gasteiger partial charge on any atom is 0.341 e. The molecular weight excluding hydrogens is 384 g/mol. The molecule has 1 amide bonds. The molecule has 2 N–H and O–H groups in total. The molecule has 0 heterocycles. The molecular formula is C20H17ClN2O5. The van der Waals surface area contributed by atoms with Gasteiger partial charge in [0, 0.05) is 10.7 Å². The Morgan fingerprint density at radius 3 is 2.50 bits per heavy atom. The van der Waals surface area contributed by atoms with Crippen LogP contribution in [-0.4, -0.2) is 30.2 Å². The summed E-state index contributed by atoms with van der Waals surface area (Å²) < 4.78 is 10.6. The molecule has 0 atom stereocenters. The van der Waals surface area contributed by atoms with Crippen LogP contribution >= 0.6 is 11.6 Å². The van der Waals surface area contributed by atoms with Gasteiger partial charge in [-0.3, -0.25) is 4.79 Å². The van der Waals surface area contributed by atoms with Crippen LogP contribution in [0.25, 0.3) is 6.08 Å². The van der Waals surface area contributed by atoms with Gasteiger partial charge in [0.1, 0.15) is 11.6 Å².